The van der Waals surface area contributed by atoms with Crippen LogP contribution >= 0.6 is 0 Å². The zero-order chi connectivity index (χ0) is 12.3. The lowest BCUT2D eigenvalue weighted by Crippen LogP contribution is -2.55. The second kappa shape index (κ2) is 6.14. The molecule has 17 heavy (non-hydrogen) atoms. The van der Waals surface area contributed by atoms with Gasteiger partial charge in [-0.1, -0.05) is 32.1 Å². The van der Waals surface area contributed by atoms with E-state index in [1.54, 1.807) is 0 Å². The molecule has 0 bridgehead atoms. The van der Waals surface area contributed by atoms with Gasteiger partial charge in [0.15, 0.2) is 0 Å². The number of rotatable bonds is 3. The molecule has 0 aromatic heterocycles. The summed E-state index contributed by atoms with van der Waals surface area (Å²) in [6.45, 7) is 1.92. The van der Waals surface area contributed by atoms with Gasteiger partial charge in [-0.3, -0.25) is 4.90 Å². The van der Waals surface area contributed by atoms with E-state index < -0.39 is 18.3 Å². The Labute approximate surface area is 103 Å². The summed E-state index contributed by atoms with van der Waals surface area (Å²) in [6, 6.07) is 0. The molecule has 0 spiro atoms. The van der Waals surface area contributed by atoms with Crippen molar-refractivity contribution in [1.29, 1.82) is 0 Å². The molecule has 1 aliphatic heterocycles. The third-order valence-corrected chi connectivity index (χ3v) is 4.26. The van der Waals surface area contributed by atoms with Gasteiger partial charge >= 0.3 is 0 Å². The van der Waals surface area contributed by atoms with Crippen molar-refractivity contribution in [3.63, 3.8) is 0 Å². The average Bonchev–Trinajstić information content (AvgIpc) is 2.34. The van der Waals surface area contributed by atoms with Crippen LogP contribution in [0.25, 0.3) is 0 Å². The molecule has 1 unspecified atom stereocenters. The summed E-state index contributed by atoms with van der Waals surface area (Å²) >= 11 is 0. The molecule has 0 aromatic rings. The van der Waals surface area contributed by atoms with Gasteiger partial charge in [0, 0.05) is 13.1 Å². The Morgan fingerprint density at radius 2 is 1.47 bits per heavy atom. The summed E-state index contributed by atoms with van der Waals surface area (Å²) in [5.74, 6) is 0.824. The molecule has 2 aliphatic rings. The van der Waals surface area contributed by atoms with Crippen LogP contribution in [0.4, 0.5) is 0 Å². The number of piperidine rings is 1. The van der Waals surface area contributed by atoms with Gasteiger partial charge in [-0.15, -0.1) is 0 Å². The van der Waals surface area contributed by atoms with Crippen molar-refractivity contribution < 1.29 is 15.3 Å². The van der Waals surface area contributed by atoms with Crippen molar-refractivity contribution in [2.24, 2.45) is 5.92 Å². The van der Waals surface area contributed by atoms with E-state index in [4.69, 9.17) is 0 Å². The standard InChI is InChI=1S/C13H25NO3/c15-11-8-14(9-12(16)13(11)17)7-6-10-4-2-1-3-5-10/h10-13,15-17H,1-9H2/t11-,12+,13?. The highest BCUT2D eigenvalue weighted by molar-refractivity contribution is 4.86. The quantitative estimate of drug-likeness (QED) is 0.669. The lowest BCUT2D eigenvalue weighted by molar-refractivity contribution is -0.110. The minimum Gasteiger partial charge on any atom is -0.389 e. The van der Waals surface area contributed by atoms with Crippen LogP contribution in [-0.4, -0.2) is 58.2 Å². The van der Waals surface area contributed by atoms with Gasteiger partial charge in [-0.2, -0.15) is 0 Å². The van der Waals surface area contributed by atoms with Crippen LogP contribution in [0.2, 0.25) is 0 Å². The maximum Gasteiger partial charge on any atom is 0.108 e. The first-order chi connectivity index (χ1) is 8.16. The first-order valence-electron chi connectivity index (χ1n) is 6.93. The van der Waals surface area contributed by atoms with Crippen LogP contribution in [-0.2, 0) is 0 Å². The predicted molar refractivity (Wildman–Crippen MR) is 65.7 cm³/mol. The SMILES string of the molecule is OC1[C@H](O)CN(CCC2CCCCC2)C[C@@H]1O. The van der Waals surface area contributed by atoms with Gasteiger partial charge in [-0.05, 0) is 18.9 Å². The lowest BCUT2D eigenvalue weighted by atomic mass is 9.86. The van der Waals surface area contributed by atoms with Crippen LogP contribution in [0.15, 0.2) is 0 Å². The van der Waals surface area contributed by atoms with Crippen molar-refractivity contribution in [2.75, 3.05) is 19.6 Å². The molecule has 1 saturated carbocycles. The molecule has 0 aromatic carbocycles. The molecule has 1 saturated heterocycles. The Morgan fingerprint density at radius 3 is 2.06 bits per heavy atom. The minimum absolute atomic E-state index is 0.491. The maximum absolute atomic E-state index is 9.60. The summed E-state index contributed by atoms with van der Waals surface area (Å²) in [7, 11) is 0. The molecular formula is C13H25NO3. The number of likely N-dealkylation sites (tertiary alicyclic amines) is 1. The molecular weight excluding hydrogens is 218 g/mol. The normalized spacial score (nSPS) is 37.2. The van der Waals surface area contributed by atoms with Gasteiger partial charge < -0.3 is 15.3 Å². The predicted octanol–water partition coefficient (Wildman–Crippen LogP) is 0.355. The molecule has 1 aliphatic carbocycles. The van der Waals surface area contributed by atoms with Gasteiger partial charge in [0.25, 0.3) is 0 Å². The summed E-state index contributed by atoms with van der Waals surface area (Å²) in [4.78, 5) is 2.08. The fourth-order valence-corrected chi connectivity index (χ4v) is 3.10. The van der Waals surface area contributed by atoms with E-state index in [-0.39, 0.29) is 0 Å². The largest absolute Gasteiger partial charge is 0.389 e. The van der Waals surface area contributed by atoms with E-state index in [9.17, 15) is 15.3 Å². The number of β-amino-alcohol motifs (C(OH)–C–C–N with tert-alkyl or cyclic N) is 2. The minimum atomic E-state index is -0.971. The number of aliphatic hydroxyl groups is 3. The van der Waals surface area contributed by atoms with E-state index in [0.717, 1.165) is 18.9 Å². The molecule has 3 N–H and O–H groups in total. The highest BCUT2D eigenvalue weighted by Gasteiger charge is 2.33. The molecule has 0 amide bonds. The summed E-state index contributed by atoms with van der Waals surface area (Å²) in [5.41, 5.74) is 0. The fraction of sp³-hybridized carbons (Fsp3) is 1.00. The second-order valence-corrected chi connectivity index (χ2v) is 5.68. The van der Waals surface area contributed by atoms with Crippen LogP contribution in [0, 0.1) is 5.92 Å². The van der Waals surface area contributed by atoms with Gasteiger partial charge in [0.2, 0.25) is 0 Å². The van der Waals surface area contributed by atoms with Crippen molar-refractivity contribution in [3.05, 3.63) is 0 Å². The van der Waals surface area contributed by atoms with Gasteiger partial charge in [-0.25, -0.2) is 0 Å². The van der Waals surface area contributed by atoms with Gasteiger partial charge in [0.05, 0.1) is 12.2 Å². The Bertz CT molecular complexity index is 219. The topological polar surface area (TPSA) is 63.9 Å². The van der Waals surface area contributed by atoms with Crippen LogP contribution in [0.3, 0.4) is 0 Å². The average molecular weight is 243 g/mol. The Balaban J connectivity index is 1.71. The molecule has 100 valence electrons. The highest BCUT2D eigenvalue weighted by Crippen LogP contribution is 2.26. The van der Waals surface area contributed by atoms with E-state index in [0.29, 0.717) is 13.1 Å². The number of hydrogen-bond acceptors (Lipinski definition) is 4. The summed E-state index contributed by atoms with van der Waals surface area (Å²) in [6.07, 6.45) is 5.35. The fourth-order valence-electron chi connectivity index (χ4n) is 3.10. The van der Waals surface area contributed by atoms with E-state index in [2.05, 4.69) is 4.90 Å². The number of aliphatic hydroxyl groups excluding tert-OH is 3. The van der Waals surface area contributed by atoms with Crippen molar-refractivity contribution in [2.45, 2.75) is 56.8 Å². The zero-order valence-electron chi connectivity index (χ0n) is 10.5. The van der Waals surface area contributed by atoms with E-state index in [1.807, 2.05) is 0 Å². The lowest BCUT2D eigenvalue weighted by Gasteiger charge is -2.37. The monoisotopic (exact) mass is 243 g/mol. The maximum atomic E-state index is 9.60. The van der Waals surface area contributed by atoms with Crippen LogP contribution < -0.4 is 0 Å². The summed E-state index contributed by atoms with van der Waals surface area (Å²) in [5, 5.41) is 28.7. The Morgan fingerprint density at radius 1 is 0.882 bits per heavy atom. The molecule has 1 heterocycles. The van der Waals surface area contributed by atoms with Crippen molar-refractivity contribution >= 4 is 0 Å². The Hall–Kier alpha value is -0.160. The molecule has 2 fully saturated rings. The van der Waals surface area contributed by atoms with E-state index in [1.165, 1.54) is 32.1 Å². The summed E-state index contributed by atoms with van der Waals surface area (Å²) < 4.78 is 0. The first kappa shape index (κ1) is 13.3. The van der Waals surface area contributed by atoms with E-state index >= 15 is 0 Å². The molecule has 4 heteroatoms. The van der Waals surface area contributed by atoms with Crippen LogP contribution in [0.1, 0.15) is 38.5 Å². The smallest absolute Gasteiger partial charge is 0.108 e. The molecule has 3 atom stereocenters. The number of nitrogens with zero attached hydrogens (tertiary/aromatic N) is 1. The molecule has 4 nitrogen and oxygen atoms in total. The van der Waals surface area contributed by atoms with Gasteiger partial charge in [0.1, 0.15) is 6.10 Å². The third-order valence-electron chi connectivity index (χ3n) is 4.26. The molecule has 2 rings (SSSR count). The van der Waals surface area contributed by atoms with Crippen LogP contribution in [0.5, 0.6) is 0 Å². The molecule has 0 radical (unpaired) electrons. The Kier molecular flexibility index (Phi) is 4.79. The first-order valence-corrected chi connectivity index (χ1v) is 6.93. The van der Waals surface area contributed by atoms with Crippen molar-refractivity contribution in [3.8, 4) is 0 Å². The second-order valence-electron chi connectivity index (χ2n) is 5.68. The number of hydrogen-bond donors (Lipinski definition) is 3. The highest BCUT2D eigenvalue weighted by atomic mass is 16.4. The zero-order valence-corrected chi connectivity index (χ0v) is 10.5. The van der Waals surface area contributed by atoms with Crippen molar-refractivity contribution in [1.82, 2.24) is 4.90 Å². The third kappa shape index (κ3) is 3.65.